The lowest BCUT2D eigenvalue weighted by molar-refractivity contribution is -0.140. The van der Waals surface area contributed by atoms with Crippen LogP contribution in [0.2, 0.25) is 0 Å². The molecule has 2 aliphatic heterocycles. The Balaban J connectivity index is 1.67. The van der Waals surface area contributed by atoms with Crippen molar-refractivity contribution in [1.82, 2.24) is 9.80 Å². The van der Waals surface area contributed by atoms with Gasteiger partial charge in [0.15, 0.2) is 0 Å². The summed E-state index contributed by atoms with van der Waals surface area (Å²) in [5.74, 6) is -0.829. The molecule has 2 heterocycles. The second-order valence-corrected chi connectivity index (χ2v) is 8.34. The van der Waals surface area contributed by atoms with Crippen LogP contribution in [-0.4, -0.2) is 72.6 Å². The molecule has 0 aromatic heterocycles. The maximum Gasteiger partial charge on any atom is 0.295 e. The van der Waals surface area contributed by atoms with Gasteiger partial charge in [-0.2, -0.15) is 0 Å². The van der Waals surface area contributed by atoms with Crippen LogP contribution in [0.3, 0.4) is 0 Å². The van der Waals surface area contributed by atoms with Gasteiger partial charge in [-0.25, -0.2) is 0 Å². The van der Waals surface area contributed by atoms with Crippen LogP contribution in [0.5, 0.6) is 5.75 Å². The third-order valence-electron chi connectivity index (χ3n) is 6.11. The van der Waals surface area contributed by atoms with Crippen molar-refractivity contribution >= 4 is 17.4 Å². The highest BCUT2D eigenvalue weighted by atomic mass is 16.5. The Kier molecular flexibility index (Phi) is 7.77. The van der Waals surface area contributed by atoms with Crippen LogP contribution < -0.4 is 4.74 Å². The molecule has 34 heavy (non-hydrogen) atoms. The van der Waals surface area contributed by atoms with Gasteiger partial charge in [0.25, 0.3) is 11.7 Å². The van der Waals surface area contributed by atoms with Gasteiger partial charge in [-0.1, -0.05) is 55.1 Å². The lowest BCUT2D eigenvalue weighted by Gasteiger charge is -2.29. The Labute approximate surface area is 199 Å². The van der Waals surface area contributed by atoms with Crippen molar-refractivity contribution < 1.29 is 24.2 Å². The normalized spacial score (nSPS) is 20.5. The maximum atomic E-state index is 13.2. The third kappa shape index (κ3) is 5.21. The van der Waals surface area contributed by atoms with Crippen molar-refractivity contribution in [1.29, 1.82) is 0 Å². The standard InChI is InChI=1S/C27H30N2O5/c1-2-16-34-22-11-6-10-21(19-22)24-23(25(30)20-8-4-3-5-9-20)26(31)27(32)29(24)13-7-12-28-14-17-33-18-15-28/h2-6,8-11,19,24,30H,1,7,12-18H2/t24-/m1/s1. The van der Waals surface area contributed by atoms with E-state index < -0.39 is 17.7 Å². The summed E-state index contributed by atoms with van der Waals surface area (Å²) in [6.45, 7) is 8.35. The van der Waals surface area contributed by atoms with Crippen molar-refractivity contribution in [3.8, 4) is 5.75 Å². The van der Waals surface area contributed by atoms with Gasteiger partial charge < -0.3 is 19.5 Å². The number of benzene rings is 2. The molecule has 178 valence electrons. The maximum absolute atomic E-state index is 13.2. The highest BCUT2D eigenvalue weighted by Crippen LogP contribution is 2.40. The molecular formula is C27H30N2O5. The molecule has 0 bridgehead atoms. The number of nitrogens with zero attached hydrogens (tertiary/aromatic N) is 2. The zero-order chi connectivity index (χ0) is 23.9. The molecule has 2 fully saturated rings. The van der Waals surface area contributed by atoms with Gasteiger partial charge in [0.2, 0.25) is 0 Å². The Bertz CT molecular complexity index is 1060. The minimum atomic E-state index is -0.697. The van der Waals surface area contributed by atoms with Gasteiger partial charge in [-0.3, -0.25) is 14.5 Å². The Morgan fingerprint density at radius 2 is 1.85 bits per heavy atom. The average molecular weight is 463 g/mol. The topological polar surface area (TPSA) is 79.3 Å². The number of hydrogen-bond acceptors (Lipinski definition) is 6. The first-order valence-electron chi connectivity index (χ1n) is 11.6. The molecule has 2 aromatic carbocycles. The lowest BCUT2D eigenvalue weighted by Crippen LogP contribution is -2.38. The van der Waals surface area contributed by atoms with Gasteiger partial charge in [0.1, 0.15) is 18.1 Å². The highest BCUT2D eigenvalue weighted by molar-refractivity contribution is 6.46. The van der Waals surface area contributed by atoms with Crippen molar-refractivity contribution in [3.05, 3.63) is 84.0 Å². The second-order valence-electron chi connectivity index (χ2n) is 8.34. The fourth-order valence-corrected chi connectivity index (χ4v) is 4.43. The van der Waals surface area contributed by atoms with E-state index in [0.29, 0.717) is 49.7 Å². The number of carbonyl (C=O) groups is 2. The van der Waals surface area contributed by atoms with Crippen molar-refractivity contribution in [2.75, 3.05) is 46.0 Å². The summed E-state index contributed by atoms with van der Waals surface area (Å²) in [5, 5.41) is 11.1. The predicted molar refractivity (Wildman–Crippen MR) is 129 cm³/mol. The summed E-state index contributed by atoms with van der Waals surface area (Å²) in [5.41, 5.74) is 1.31. The molecule has 2 saturated heterocycles. The molecule has 2 aromatic rings. The second kappa shape index (κ2) is 11.1. The number of ether oxygens (including phenoxy) is 2. The zero-order valence-corrected chi connectivity index (χ0v) is 19.2. The largest absolute Gasteiger partial charge is 0.507 e. The van der Waals surface area contributed by atoms with E-state index >= 15 is 0 Å². The van der Waals surface area contributed by atoms with E-state index in [1.165, 1.54) is 0 Å². The molecule has 0 radical (unpaired) electrons. The average Bonchev–Trinajstić information content (AvgIpc) is 3.13. The molecule has 1 amide bonds. The monoisotopic (exact) mass is 462 g/mol. The van der Waals surface area contributed by atoms with E-state index in [-0.39, 0.29) is 11.3 Å². The first-order valence-corrected chi connectivity index (χ1v) is 11.6. The van der Waals surface area contributed by atoms with E-state index in [0.717, 1.165) is 19.6 Å². The molecule has 0 unspecified atom stereocenters. The third-order valence-corrected chi connectivity index (χ3v) is 6.11. The number of likely N-dealkylation sites (tertiary alicyclic amines) is 1. The molecule has 7 nitrogen and oxygen atoms in total. The van der Waals surface area contributed by atoms with E-state index in [1.807, 2.05) is 30.3 Å². The Hall–Kier alpha value is -3.42. The number of carbonyl (C=O) groups excluding carboxylic acids is 2. The van der Waals surface area contributed by atoms with Crippen LogP contribution in [0, 0.1) is 0 Å². The molecule has 0 aliphatic carbocycles. The smallest absolute Gasteiger partial charge is 0.295 e. The predicted octanol–water partition coefficient (Wildman–Crippen LogP) is 3.40. The summed E-state index contributed by atoms with van der Waals surface area (Å²) in [6, 6.07) is 15.5. The molecule has 2 aliphatic rings. The molecule has 4 rings (SSSR count). The fourth-order valence-electron chi connectivity index (χ4n) is 4.43. The van der Waals surface area contributed by atoms with Crippen LogP contribution in [0.15, 0.2) is 72.8 Å². The number of aliphatic hydroxyl groups excluding tert-OH is 1. The summed E-state index contributed by atoms with van der Waals surface area (Å²) in [4.78, 5) is 30.2. The summed E-state index contributed by atoms with van der Waals surface area (Å²) in [7, 11) is 0. The SMILES string of the molecule is C=CCOc1cccc([C@@H]2C(=C(O)c3ccccc3)C(=O)C(=O)N2CCCN2CCOCC2)c1. The molecular weight excluding hydrogens is 432 g/mol. The Morgan fingerprint density at radius 1 is 1.09 bits per heavy atom. The van der Waals surface area contributed by atoms with Gasteiger partial charge in [-0.15, -0.1) is 0 Å². The van der Waals surface area contributed by atoms with Crippen LogP contribution in [0.1, 0.15) is 23.6 Å². The van der Waals surface area contributed by atoms with Crippen LogP contribution in [0.4, 0.5) is 0 Å². The van der Waals surface area contributed by atoms with Gasteiger partial charge in [0.05, 0.1) is 24.8 Å². The van der Waals surface area contributed by atoms with Crippen molar-refractivity contribution in [3.63, 3.8) is 0 Å². The van der Waals surface area contributed by atoms with Crippen LogP contribution in [0.25, 0.3) is 5.76 Å². The number of ketones is 1. The lowest BCUT2D eigenvalue weighted by atomic mass is 9.95. The van der Waals surface area contributed by atoms with E-state index in [2.05, 4.69) is 11.5 Å². The quantitative estimate of drug-likeness (QED) is 0.266. The summed E-state index contributed by atoms with van der Waals surface area (Å²) < 4.78 is 11.1. The number of rotatable bonds is 9. The number of Topliss-reactive ketones (excluding diaryl/α,β-unsaturated/α-hetero) is 1. The summed E-state index contributed by atoms with van der Waals surface area (Å²) >= 11 is 0. The number of morpholine rings is 1. The molecule has 0 spiro atoms. The molecule has 7 heteroatoms. The molecule has 1 N–H and O–H groups in total. The van der Waals surface area contributed by atoms with Crippen LogP contribution >= 0.6 is 0 Å². The zero-order valence-electron chi connectivity index (χ0n) is 19.2. The first-order chi connectivity index (χ1) is 16.6. The van der Waals surface area contributed by atoms with Gasteiger partial charge in [-0.05, 0) is 24.1 Å². The van der Waals surface area contributed by atoms with E-state index in [9.17, 15) is 14.7 Å². The van der Waals surface area contributed by atoms with Crippen molar-refractivity contribution in [2.24, 2.45) is 0 Å². The Morgan fingerprint density at radius 3 is 2.59 bits per heavy atom. The number of aliphatic hydroxyl groups is 1. The number of hydrogen-bond donors (Lipinski definition) is 1. The van der Waals surface area contributed by atoms with E-state index in [1.54, 1.807) is 35.2 Å². The molecule has 0 saturated carbocycles. The molecule has 1 atom stereocenters. The van der Waals surface area contributed by atoms with Crippen molar-refractivity contribution in [2.45, 2.75) is 12.5 Å². The van der Waals surface area contributed by atoms with Crippen LogP contribution in [-0.2, 0) is 14.3 Å². The number of amides is 1. The fraction of sp³-hybridized carbons (Fsp3) is 0.333. The summed E-state index contributed by atoms with van der Waals surface area (Å²) in [6.07, 6.45) is 2.36. The highest BCUT2D eigenvalue weighted by Gasteiger charge is 2.45. The van der Waals surface area contributed by atoms with Gasteiger partial charge >= 0.3 is 0 Å². The van der Waals surface area contributed by atoms with E-state index in [4.69, 9.17) is 9.47 Å². The first kappa shape index (κ1) is 23.7. The minimum absolute atomic E-state index is 0.100. The van der Waals surface area contributed by atoms with Gasteiger partial charge in [0, 0.05) is 31.7 Å². The minimum Gasteiger partial charge on any atom is -0.507 e.